The normalized spacial score (nSPS) is 30.1. The molecule has 1 aliphatic carbocycles. The molecule has 158 valence electrons. The maximum Gasteiger partial charge on any atom is 0.134 e. The van der Waals surface area contributed by atoms with Gasteiger partial charge in [-0.1, -0.05) is 20.8 Å². The number of rotatable bonds is 4. The number of aliphatic hydroxyl groups is 1. The Morgan fingerprint density at radius 3 is 2.61 bits per heavy atom. The fourth-order valence-corrected chi connectivity index (χ4v) is 4.58. The van der Waals surface area contributed by atoms with Crippen molar-refractivity contribution in [1.29, 1.82) is 0 Å². The van der Waals surface area contributed by atoms with Gasteiger partial charge in [-0.3, -0.25) is 4.90 Å². The highest BCUT2D eigenvalue weighted by Gasteiger charge is 2.38. The van der Waals surface area contributed by atoms with E-state index in [2.05, 4.69) is 25.7 Å². The lowest BCUT2D eigenvalue weighted by atomic mass is 9.71. The van der Waals surface area contributed by atoms with Crippen LogP contribution in [0.1, 0.15) is 52.0 Å². The Hall–Kier alpha value is -1.17. The summed E-state index contributed by atoms with van der Waals surface area (Å²) < 4.78 is 25.0. The van der Waals surface area contributed by atoms with E-state index in [1.54, 1.807) is 19.1 Å². The standard InChI is InChI=1S/C23H36FNO3/c1-17-13-20(9-10-21(17)24)28-16-23(26)14-25(11-12-27-15-23)19-7-5-18(6-8-19)22(2,3)4/h9-10,13,18-19,26H,5-8,11-12,14-16H2,1-4H3/t18?,19?,23-/m0/s1. The van der Waals surface area contributed by atoms with Crippen LogP contribution < -0.4 is 4.74 Å². The molecule has 0 aromatic heterocycles. The molecule has 3 rings (SSSR count). The van der Waals surface area contributed by atoms with Gasteiger partial charge in [0.25, 0.3) is 0 Å². The van der Waals surface area contributed by atoms with E-state index in [0.717, 1.165) is 12.5 Å². The molecular formula is C23H36FNO3. The van der Waals surface area contributed by atoms with Crippen LogP contribution in [0.15, 0.2) is 18.2 Å². The summed E-state index contributed by atoms with van der Waals surface area (Å²) in [7, 11) is 0. The zero-order valence-electron chi connectivity index (χ0n) is 17.8. The summed E-state index contributed by atoms with van der Waals surface area (Å²) in [5.41, 5.74) is -0.146. The highest BCUT2D eigenvalue weighted by molar-refractivity contribution is 5.28. The summed E-state index contributed by atoms with van der Waals surface area (Å²) in [5.74, 6) is 1.10. The molecule has 4 nitrogen and oxygen atoms in total. The Morgan fingerprint density at radius 2 is 1.96 bits per heavy atom. The average molecular weight is 394 g/mol. The number of halogens is 1. The van der Waals surface area contributed by atoms with E-state index in [1.165, 1.54) is 31.7 Å². The molecular weight excluding hydrogens is 357 g/mol. The Labute approximate surface area is 169 Å². The highest BCUT2D eigenvalue weighted by Crippen LogP contribution is 2.39. The van der Waals surface area contributed by atoms with Gasteiger partial charge in [0.1, 0.15) is 23.8 Å². The van der Waals surface area contributed by atoms with Crippen molar-refractivity contribution >= 4 is 0 Å². The van der Waals surface area contributed by atoms with Crippen molar-refractivity contribution < 1.29 is 19.0 Å². The molecule has 28 heavy (non-hydrogen) atoms. The molecule has 1 atom stereocenters. The molecule has 0 radical (unpaired) electrons. The minimum atomic E-state index is -1.06. The maximum absolute atomic E-state index is 13.4. The van der Waals surface area contributed by atoms with E-state index < -0.39 is 5.60 Å². The van der Waals surface area contributed by atoms with E-state index in [0.29, 0.717) is 35.9 Å². The quantitative estimate of drug-likeness (QED) is 0.833. The van der Waals surface area contributed by atoms with E-state index in [-0.39, 0.29) is 19.0 Å². The second-order valence-corrected chi connectivity index (χ2v) is 9.82. The Morgan fingerprint density at radius 1 is 1.25 bits per heavy atom. The minimum Gasteiger partial charge on any atom is -0.490 e. The minimum absolute atomic E-state index is 0.145. The van der Waals surface area contributed by atoms with Gasteiger partial charge in [-0.25, -0.2) is 4.39 Å². The van der Waals surface area contributed by atoms with Crippen LogP contribution in [0, 0.1) is 24.1 Å². The second-order valence-electron chi connectivity index (χ2n) is 9.82. The number of ether oxygens (including phenoxy) is 2. The van der Waals surface area contributed by atoms with Crippen LogP contribution in [-0.2, 0) is 4.74 Å². The van der Waals surface area contributed by atoms with Gasteiger partial charge in [0.2, 0.25) is 0 Å². The number of benzene rings is 1. The third-order valence-corrected chi connectivity index (χ3v) is 6.47. The molecule has 0 amide bonds. The molecule has 2 aliphatic rings. The molecule has 0 spiro atoms. The van der Waals surface area contributed by atoms with Crippen molar-refractivity contribution in [1.82, 2.24) is 4.90 Å². The largest absolute Gasteiger partial charge is 0.490 e. The van der Waals surface area contributed by atoms with Crippen LogP contribution in [-0.4, -0.2) is 54.6 Å². The van der Waals surface area contributed by atoms with E-state index in [1.807, 2.05) is 0 Å². The Kier molecular flexibility index (Phi) is 6.68. The molecule has 1 heterocycles. The Bertz CT molecular complexity index is 652. The van der Waals surface area contributed by atoms with Crippen LogP contribution in [0.2, 0.25) is 0 Å². The molecule has 2 fully saturated rings. The third-order valence-electron chi connectivity index (χ3n) is 6.47. The van der Waals surface area contributed by atoms with Gasteiger partial charge in [0.15, 0.2) is 0 Å². The van der Waals surface area contributed by atoms with Gasteiger partial charge in [0.05, 0.1) is 13.2 Å². The lowest BCUT2D eigenvalue weighted by molar-refractivity contribution is -0.0691. The van der Waals surface area contributed by atoms with Crippen LogP contribution in [0.3, 0.4) is 0 Å². The Balaban J connectivity index is 1.59. The molecule has 1 saturated carbocycles. The first-order valence-electron chi connectivity index (χ1n) is 10.6. The number of hydrogen-bond donors (Lipinski definition) is 1. The van der Waals surface area contributed by atoms with Crippen molar-refractivity contribution in [3.63, 3.8) is 0 Å². The van der Waals surface area contributed by atoms with Crippen LogP contribution in [0.5, 0.6) is 5.75 Å². The zero-order chi connectivity index (χ0) is 20.4. The lowest BCUT2D eigenvalue weighted by Gasteiger charge is -2.42. The van der Waals surface area contributed by atoms with Gasteiger partial charge in [-0.05, 0) is 67.7 Å². The second kappa shape index (κ2) is 8.68. The first-order chi connectivity index (χ1) is 13.2. The summed E-state index contributed by atoms with van der Waals surface area (Å²) in [6.45, 7) is 11.2. The summed E-state index contributed by atoms with van der Waals surface area (Å²) in [6, 6.07) is 5.18. The maximum atomic E-state index is 13.4. The van der Waals surface area contributed by atoms with E-state index >= 15 is 0 Å². The molecule has 5 heteroatoms. The third kappa shape index (κ3) is 5.46. The van der Waals surface area contributed by atoms with Crippen molar-refractivity contribution in [2.45, 2.75) is 65.0 Å². The van der Waals surface area contributed by atoms with Gasteiger partial charge in [-0.2, -0.15) is 0 Å². The first-order valence-corrected chi connectivity index (χ1v) is 10.6. The van der Waals surface area contributed by atoms with Crippen molar-refractivity contribution in [2.24, 2.45) is 11.3 Å². The molecule has 1 saturated heterocycles. The predicted octanol–water partition coefficient (Wildman–Crippen LogP) is 4.18. The smallest absolute Gasteiger partial charge is 0.134 e. The van der Waals surface area contributed by atoms with Crippen molar-refractivity contribution in [3.05, 3.63) is 29.6 Å². The van der Waals surface area contributed by atoms with Gasteiger partial charge < -0.3 is 14.6 Å². The highest BCUT2D eigenvalue weighted by atomic mass is 19.1. The predicted molar refractivity (Wildman–Crippen MR) is 109 cm³/mol. The van der Waals surface area contributed by atoms with Gasteiger partial charge in [-0.15, -0.1) is 0 Å². The molecule has 1 aromatic carbocycles. The lowest BCUT2D eigenvalue weighted by Crippen LogP contribution is -2.52. The van der Waals surface area contributed by atoms with Gasteiger partial charge >= 0.3 is 0 Å². The fraction of sp³-hybridized carbons (Fsp3) is 0.739. The number of β-amino-alcohol motifs (C(OH)–C–C–N with tert-alkyl or cyclic N) is 1. The SMILES string of the molecule is Cc1cc(OC[C@@]2(O)COCCN(C3CCC(C(C)(C)C)CC3)C2)ccc1F. The molecule has 0 unspecified atom stereocenters. The summed E-state index contributed by atoms with van der Waals surface area (Å²) >= 11 is 0. The molecule has 1 N–H and O–H groups in total. The first kappa shape index (κ1) is 21.5. The van der Waals surface area contributed by atoms with E-state index in [4.69, 9.17) is 9.47 Å². The molecule has 1 aliphatic heterocycles. The van der Waals surface area contributed by atoms with E-state index in [9.17, 15) is 9.50 Å². The fourth-order valence-electron chi connectivity index (χ4n) is 4.58. The summed E-state index contributed by atoms with van der Waals surface area (Å²) in [6.07, 6.45) is 4.84. The van der Waals surface area contributed by atoms with Gasteiger partial charge in [0, 0.05) is 19.1 Å². The molecule has 1 aromatic rings. The molecule has 0 bridgehead atoms. The van der Waals surface area contributed by atoms with Crippen LogP contribution in [0.25, 0.3) is 0 Å². The number of hydrogen-bond acceptors (Lipinski definition) is 4. The number of nitrogens with zero attached hydrogens (tertiary/aromatic N) is 1. The summed E-state index contributed by atoms with van der Waals surface area (Å²) in [5, 5.41) is 11.2. The monoisotopic (exact) mass is 393 g/mol. The van der Waals surface area contributed by atoms with Crippen molar-refractivity contribution in [3.8, 4) is 5.75 Å². The number of aryl methyl sites for hydroxylation is 1. The summed E-state index contributed by atoms with van der Waals surface area (Å²) in [4.78, 5) is 2.39. The van der Waals surface area contributed by atoms with Crippen molar-refractivity contribution in [2.75, 3.05) is 32.9 Å². The van der Waals surface area contributed by atoms with Crippen LogP contribution >= 0.6 is 0 Å². The average Bonchev–Trinajstić information content (AvgIpc) is 2.84. The topological polar surface area (TPSA) is 41.9 Å². The van der Waals surface area contributed by atoms with Crippen LogP contribution in [0.4, 0.5) is 4.39 Å². The zero-order valence-corrected chi connectivity index (χ0v) is 17.8.